The summed E-state index contributed by atoms with van der Waals surface area (Å²) < 4.78 is 5.45. The van der Waals surface area contributed by atoms with Gasteiger partial charge in [0.2, 0.25) is 5.91 Å². The highest BCUT2D eigenvalue weighted by Crippen LogP contribution is 2.15. The number of nitrogens with one attached hydrogen (secondary N) is 1. The average Bonchev–Trinajstić information content (AvgIpc) is 3.31. The monoisotopic (exact) mass is 910 g/mol. The molecule has 65 heavy (non-hydrogen) atoms. The van der Waals surface area contributed by atoms with E-state index in [4.69, 9.17) is 4.74 Å². The van der Waals surface area contributed by atoms with Crippen LogP contribution < -0.4 is 5.32 Å². The molecule has 0 fully saturated rings. The normalized spacial score (nSPS) is 13.1. The first-order valence-corrected chi connectivity index (χ1v) is 28.1. The SMILES string of the molecule is CCC/C=C\C/C=C\CCCCCCCC(=O)OCCCCCCCCCCC/C=C\C/C=C\CCCCCCCCCC(=O)NC(CO)C(O)/C=C/CCCCCCCCCCCC. The van der Waals surface area contributed by atoms with Gasteiger partial charge in [0.15, 0.2) is 0 Å². The molecule has 0 aromatic carbocycles. The largest absolute Gasteiger partial charge is 0.466 e. The molecular formula is C59H107NO5. The first-order chi connectivity index (χ1) is 32.0. The summed E-state index contributed by atoms with van der Waals surface area (Å²) in [4.78, 5) is 24.4. The molecule has 0 saturated heterocycles. The molecule has 0 bridgehead atoms. The summed E-state index contributed by atoms with van der Waals surface area (Å²) in [5, 5.41) is 23.0. The molecule has 0 heterocycles. The van der Waals surface area contributed by atoms with E-state index in [9.17, 15) is 19.8 Å². The summed E-state index contributed by atoms with van der Waals surface area (Å²) in [6.07, 6.45) is 69.5. The molecule has 0 radical (unpaired) electrons. The van der Waals surface area contributed by atoms with Crippen LogP contribution in [0.3, 0.4) is 0 Å². The van der Waals surface area contributed by atoms with E-state index in [-0.39, 0.29) is 18.5 Å². The highest BCUT2D eigenvalue weighted by atomic mass is 16.5. The molecule has 6 nitrogen and oxygen atoms in total. The minimum absolute atomic E-state index is 0.00992. The zero-order chi connectivity index (χ0) is 47.2. The predicted molar refractivity (Wildman–Crippen MR) is 282 cm³/mol. The fraction of sp³-hybridized carbons (Fsp3) is 0.797. The maximum Gasteiger partial charge on any atom is 0.305 e. The molecule has 0 aromatic rings. The van der Waals surface area contributed by atoms with Crippen LogP contribution in [-0.2, 0) is 14.3 Å². The zero-order valence-corrected chi connectivity index (χ0v) is 43.0. The van der Waals surface area contributed by atoms with Crippen LogP contribution in [0, 0.1) is 0 Å². The van der Waals surface area contributed by atoms with Gasteiger partial charge in [-0.15, -0.1) is 0 Å². The van der Waals surface area contributed by atoms with Gasteiger partial charge in [-0.3, -0.25) is 9.59 Å². The average molecular weight is 911 g/mol. The van der Waals surface area contributed by atoms with Crippen LogP contribution in [0.4, 0.5) is 0 Å². The Bertz CT molecular complexity index is 1140. The van der Waals surface area contributed by atoms with Crippen LogP contribution >= 0.6 is 0 Å². The second-order valence-electron chi connectivity index (χ2n) is 18.9. The molecule has 0 aliphatic rings. The van der Waals surface area contributed by atoms with Crippen LogP contribution in [0.2, 0.25) is 0 Å². The van der Waals surface area contributed by atoms with Gasteiger partial charge in [-0.2, -0.15) is 0 Å². The number of rotatable bonds is 51. The molecule has 1 amide bonds. The molecule has 0 aromatic heterocycles. The third-order valence-corrected chi connectivity index (χ3v) is 12.5. The fourth-order valence-corrected chi connectivity index (χ4v) is 8.17. The number of aliphatic hydroxyl groups is 2. The number of unbranched alkanes of at least 4 members (excludes halogenated alkanes) is 32. The first kappa shape index (κ1) is 62.6. The number of amides is 1. The third kappa shape index (κ3) is 50.8. The Balaban J connectivity index is 3.48. The molecule has 3 N–H and O–H groups in total. The van der Waals surface area contributed by atoms with E-state index in [0.29, 0.717) is 19.4 Å². The Labute approximate surface area is 403 Å². The summed E-state index contributed by atoms with van der Waals surface area (Å²) in [5.74, 6) is -0.0905. The van der Waals surface area contributed by atoms with Crippen molar-refractivity contribution in [3.8, 4) is 0 Å². The highest BCUT2D eigenvalue weighted by Gasteiger charge is 2.18. The molecule has 0 saturated carbocycles. The molecule has 6 heteroatoms. The van der Waals surface area contributed by atoms with Crippen LogP contribution in [0.25, 0.3) is 0 Å². The van der Waals surface area contributed by atoms with E-state index in [0.717, 1.165) is 70.6 Å². The standard InChI is InChI=1S/C59H107NO5/c1-3-5-7-9-11-13-15-28-33-37-41-45-49-53-59(64)65-54-50-46-42-38-34-30-27-25-23-21-19-17-18-20-22-24-26-29-32-36-40-44-48-52-58(63)60-56(55-61)57(62)51-47-43-39-35-31-16-14-12-10-8-6-4-2/h7,9,13,15,17,19-20,22,47,51,56-57,61-62H,3-6,8,10-12,14,16,18,21,23-46,48-50,52-55H2,1-2H3,(H,60,63)/b9-7-,15-13-,19-17-,22-20-,51-47+. The van der Waals surface area contributed by atoms with Gasteiger partial charge in [-0.1, -0.05) is 235 Å². The van der Waals surface area contributed by atoms with E-state index in [1.807, 2.05) is 6.08 Å². The number of allylic oxidation sites excluding steroid dienone is 9. The van der Waals surface area contributed by atoms with Crippen molar-refractivity contribution in [2.24, 2.45) is 0 Å². The van der Waals surface area contributed by atoms with Crippen molar-refractivity contribution in [3.05, 3.63) is 60.8 Å². The van der Waals surface area contributed by atoms with Crippen LogP contribution in [0.5, 0.6) is 0 Å². The Kier molecular flexibility index (Phi) is 52.1. The van der Waals surface area contributed by atoms with Gasteiger partial charge in [-0.25, -0.2) is 0 Å². The van der Waals surface area contributed by atoms with Crippen molar-refractivity contribution in [3.63, 3.8) is 0 Å². The lowest BCUT2D eigenvalue weighted by Crippen LogP contribution is -2.45. The smallest absolute Gasteiger partial charge is 0.305 e. The first-order valence-electron chi connectivity index (χ1n) is 28.1. The quantitative estimate of drug-likeness (QED) is 0.0321. The van der Waals surface area contributed by atoms with Crippen molar-refractivity contribution in [1.82, 2.24) is 5.32 Å². The minimum Gasteiger partial charge on any atom is -0.466 e. The molecule has 0 aliphatic heterocycles. The summed E-state index contributed by atoms with van der Waals surface area (Å²) in [6.45, 7) is 4.81. The van der Waals surface area contributed by atoms with Crippen molar-refractivity contribution in [1.29, 1.82) is 0 Å². The molecule has 0 spiro atoms. The lowest BCUT2D eigenvalue weighted by molar-refractivity contribution is -0.143. The molecule has 378 valence electrons. The second-order valence-corrected chi connectivity index (χ2v) is 18.9. The van der Waals surface area contributed by atoms with Gasteiger partial charge in [-0.05, 0) is 89.9 Å². The Morgan fingerprint density at radius 2 is 0.800 bits per heavy atom. The van der Waals surface area contributed by atoms with E-state index in [1.54, 1.807) is 6.08 Å². The third-order valence-electron chi connectivity index (χ3n) is 12.5. The fourth-order valence-electron chi connectivity index (χ4n) is 8.17. The number of hydrogen-bond donors (Lipinski definition) is 3. The zero-order valence-electron chi connectivity index (χ0n) is 43.0. The highest BCUT2D eigenvalue weighted by molar-refractivity contribution is 5.76. The number of carbonyl (C=O) groups is 2. The van der Waals surface area contributed by atoms with Crippen LogP contribution in [-0.4, -0.2) is 47.4 Å². The maximum absolute atomic E-state index is 12.4. The number of ether oxygens (including phenoxy) is 1. The number of carbonyl (C=O) groups excluding carboxylic acids is 2. The van der Waals surface area contributed by atoms with Gasteiger partial charge >= 0.3 is 5.97 Å². The molecule has 0 rings (SSSR count). The van der Waals surface area contributed by atoms with Gasteiger partial charge in [0.05, 0.1) is 25.4 Å². The minimum atomic E-state index is -0.851. The number of esters is 1. The van der Waals surface area contributed by atoms with E-state index in [2.05, 4.69) is 67.8 Å². The second kappa shape index (κ2) is 54.2. The van der Waals surface area contributed by atoms with Crippen molar-refractivity contribution in [2.45, 2.75) is 289 Å². The van der Waals surface area contributed by atoms with E-state index < -0.39 is 12.1 Å². The van der Waals surface area contributed by atoms with Gasteiger partial charge in [0, 0.05) is 12.8 Å². The Morgan fingerprint density at radius 1 is 0.431 bits per heavy atom. The summed E-state index contributed by atoms with van der Waals surface area (Å²) in [7, 11) is 0. The van der Waals surface area contributed by atoms with Gasteiger partial charge < -0.3 is 20.3 Å². The lowest BCUT2D eigenvalue weighted by atomic mass is 10.1. The predicted octanol–water partition coefficient (Wildman–Crippen LogP) is 17.2. The van der Waals surface area contributed by atoms with Gasteiger partial charge in [0.25, 0.3) is 0 Å². The molecule has 0 aliphatic carbocycles. The summed E-state index contributed by atoms with van der Waals surface area (Å²) in [5.41, 5.74) is 0. The molecule has 2 unspecified atom stereocenters. The van der Waals surface area contributed by atoms with Crippen LogP contribution in [0.15, 0.2) is 60.8 Å². The molecule has 2 atom stereocenters. The number of hydrogen-bond acceptors (Lipinski definition) is 5. The van der Waals surface area contributed by atoms with E-state index in [1.165, 1.54) is 180 Å². The Hall–Kier alpha value is -2.44. The maximum atomic E-state index is 12.4. The summed E-state index contributed by atoms with van der Waals surface area (Å²) >= 11 is 0. The van der Waals surface area contributed by atoms with Gasteiger partial charge in [0.1, 0.15) is 0 Å². The summed E-state index contributed by atoms with van der Waals surface area (Å²) in [6, 6.07) is -0.636. The molecular weight excluding hydrogens is 803 g/mol. The van der Waals surface area contributed by atoms with Crippen molar-refractivity contribution >= 4 is 11.9 Å². The van der Waals surface area contributed by atoms with E-state index >= 15 is 0 Å². The van der Waals surface area contributed by atoms with Crippen molar-refractivity contribution in [2.75, 3.05) is 13.2 Å². The lowest BCUT2D eigenvalue weighted by Gasteiger charge is -2.20. The topological polar surface area (TPSA) is 95.9 Å². The van der Waals surface area contributed by atoms with Crippen LogP contribution in [0.1, 0.15) is 277 Å². The Morgan fingerprint density at radius 3 is 1.23 bits per heavy atom. The van der Waals surface area contributed by atoms with Crippen molar-refractivity contribution < 1.29 is 24.5 Å². The number of aliphatic hydroxyl groups excluding tert-OH is 2.